The first-order valence-corrected chi connectivity index (χ1v) is 4.77. The fourth-order valence-corrected chi connectivity index (χ4v) is 0.895. The molecule has 0 rings (SSSR count). The van der Waals surface area contributed by atoms with Crippen molar-refractivity contribution in [1.29, 1.82) is 5.26 Å². The molecule has 0 aromatic heterocycles. The Kier molecular flexibility index (Phi) is 4.70. The molecule has 0 aromatic carbocycles. The topological polar surface area (TPSA) is 93.2 Å². The molecule has 0 aliphatic heterocycles. The van der Waals surface area contributed by atoms with E-state index in [4.69, 9.17) is 11.0 Å². The van der Waals surface area contributed by atoms with E-state index < -0.39 is 11.4 Å². The van der Waals surface area contributed by atoms with Gasteiger partial charge in [-0.3, -0.25) is 9.59 Å². The molecule has 0 heterocycles. The van der Waals surface area contributed by atoms with Gasteiger partial charge in [0.1, 0.15) is 18.2 Å². The van der Waals surface area contributed by atoms with Gasteiger partial charge in [-0.15, -0.1) is 0 Å². The fraction of sp³-hybridized carbons (Fsp3) is 0.545. The predicted molar refractivity (Wildman–Crippen MR) is 57.9 cm³/mol. The van der Waals surface area contributed by atoms with Crippen LogP contribution in [0.2, 0.25) is 0 Å². The summed E-state index contributed by atoms with van der Waals surface area (Å²) in [4.78, 5) is 22.3. The monoisotopic (exact) mass is 224 g/mol. The molecule has 0 bridgehead atoms. The average molecular weight is 224 g/mol. The van der Waals surface area contributed by atoms with Crippen LogP contribution in [0.1, 0.15) is 27.7 Å². The predicted octanol–water partition coefficient (Wildman–Crippen LogP) is 0.901. The standard InChI is InChI=1S/C11H16N2O3/c1-7(14)16-6-9(13)8(5-12)10(15)11(2,3)4/h6,13H2,1-4H3/b9-8-. The number of nitrogens with two attached hydrogens (primary N) is 1. The molecule has 2 N–H and O–H groups in total. The van der Waals surface area contributed by atoms with Gasteiger partial charge in [0.15, 0.2) is 5.78 Å². The van der Waals surface area contributed by atoms with Crippen molar-refractivity contribution in [2.75, 3.05) is 6.61 Å². The number of ether oxygens (including phenoxy) is 1. The van der Waals surface area contributed by atoms with E-state index in [2.05, 4.69) is 4.74 Å². The van der Waals surface area contributed by atoms with E-state index in [9.17, 15) is 9.59 Å². The second-order valence-electron chi connectivity index (χ2n) is 4.37. The van der Waals surface area contributed by atoms with Gasteiger partial charge in [0.25, 0.3) is 0 Å². The molecule has 0 unspecified atom stereocenters. The summed E-state index contributed by atoms with van der Waals surface area (Å²) >= 11 is 0. The highest BCUT2D eigenvalue weighted by Crippen LogP contribution is 2.20. The highest BCUT2D eigenvalue weighted by molar-refractivity contribution is 6.03. The maximum atomic E-state index is 11.8. The Morgan fingerprint density at radius 3 is 2.19 bits per heavy atom. The number of esters is 1. The molecule has 0 aliphatic carbocycles. The third kappa shape index (κ3) is 4.13. The van der Waals surface area contributed by atoms with Gasteiger partial charge in [-0.1, -0.05) is 20.8 Å². The number of hydrogen-bond acceptors (Lipinski definition) is 5. The highest BCUT2D eigenvalue weighted by atomic mass is 16.5. The van der Waals surface area contributed by atoms with Crippen LogP contribution >= 0.6 is 0 Å². The molecule has 0 atom stereocenters. The number of hydrogen-bond donors (Lipinski definition) is 1. The van der Waals surface area contributed by atoms with Crippen LogP contribution in [-0.4, -0.2) is 18.4 Å². The second kappa shape index (κ2) is 5.31. The van der Waals surface area contributed by atoms with Crippen LogP contribution in [0.4, 0.5) is 0 Å². The number of carbonyl (C=O) groups excluding carboxylic acids is 2. The quantitative estimate of drug-likeness (QED) is 0.436. The Labute approximate surface area is 94.9 Å². The Bertz CT molecular complexity index is 370. The van der Waals surface area contributed by atoms with E-state index in [0.29, 0.717) is 0 Å². The van der Waals surface area contributed by atoms with Gasteiger partial charge in [-0.05, 0) is 0 Å². The Balaban J connectivity index is 4.98. The van der Waals surface area contributed by atoms with Crippen molar-refractivity contribution >= 4 is 11.8 Å². The van der Waals surface area contributed by atoms with Crippen LogP contribution in [-0.2, 0) is 14.3 Å². The lowest BCUT2D eigenvalue weighted by Gasteiger charge is -2.16. The number of carbonyl (C=O) groups is 2. The van der Waals surface area contributed by atoms with Gasteiger partial charge in [0, 0.05) is 12.3 Å². The molecule has 5 heteroatoms. The van der Waals surface area contributed by atoms with E-state index in [-0.39, 0.29) is 23.7 Å². The molecule has 16 heavy (non-hydrogen) atoms. The minimum Gasteiger partial charge on any atom is -0.459 e. The van der Waals surface area contributed by atoms with Crippen LogP contribution in [0.15, 0.2) is 11.3 Å². The summed E-state index contributed by atoms with van der Waals surface area (Å²) in [6, 6.07) is 1.75. The molecule has 0 aliphatic rings. The van der Waals surface area contributed by atoms with Crippen molar-refractivity contribution < 1.29 is 14.3 Å². The molecule has 0 aromatic rings. The van der Waals surface area contributed by atoms with Gasteiger partial charge in [-0.2, -0.15) is 5.26 Å². The molecule has 0 saturated heterocycles. The van der Waals surface area contributed by atoms with Crippen LogP contribution < -0.4 is 5.73 Å². The zero-order chi connectivity index (χ0) is 12.9. The molecule has 88 valence electrons. The number of nitriles is 1. The number of Topliss-reactive ketones (excluding diaryl/α,β-unsaturated/α-hetero) is 1. The summed E-state index contributed by atoms with van der Waals surface area (Å²) in [6.45, 7) is 6.05. The lowest BCUT2D eigenvalue weighted by Crippen LogP contribution is -2.25. The summed E-state index contributed by atoms with van der Waals surface area (Å²) < 4.78 is 4.62. The van der Waals surface area contributed by atoms with Crippen molar-refractivity contribution in [3.63, 3.8) is 0 Å². The maximum Gasteiger partial charge on any atom is 0.303 e. The first-order chi connectivity index (χ1) is 7.20. The second-order valence-corrected chi connectivity index (χ2v) is 4.37. The largest absolute Gasteiger partial charge is 0.459 e. The average Bonchev–Trinajstić information content (AvgIpc) is 2.14. The van der Waals surface area contributed by atoms with Crippen LogP contribution in [0.3, 0.4) is 0 Å². The van der Waals surface area contributed by atoms with Crippen molar-refractivity contribution in [2.24, 2.45) is 11.1 Å². The Hall–Kier alpha value is -1.83. The molecule has 0 spiro atoms. The van der Waals surface area contributed by atoms with E-state index >= 15 is 0 Å². The smallest absolute Gasteiger partial charge is 0.303 e. The Morgan fingerprint density at radius 1 is 1.38 bits per heavy atom. The third-order valence-electron chi connectivity index (χ3n) is 1.77. The number of allylic oxidation sites excluding steroid dienone is 1. The lowest BCUT2D eigenvalue weighted by atomic mass is 9.86. The maximum absolute atomic E-state index is 11.8. The van der Waals surface area contributed by atoms with Gasteiger partial charge in [0.2, 0.25) is 0 Å². The number of ketones is 1. The zero-order valence-electron chi connectivity index (χ0n) is 9.96. The first-order valence-electron chi connectivity index (χ1n) is 4.77. The van der Waals surface area contributed by atoms with Crippen molar-refractivity contribution in [3.05, 3.63) is 11.3 Å². The first kappa shape index (κ1) is 14.2. The van der Waals surface area contributed by atoms with E-state index in [1.165, 1.54) is 6.92 Å². The molecular formula is C11H16N2O3. The van der Waals surface area contributed by atoms with Gasteiger partial charge >= 0.3 is 5.97 Å². The molecule has 5 nitrogen and oxygen atoms in total. The van der Waals surface area contributed by atoms with Crippen molar-refractivity contribution in [3.8, 4) is 6.07 Å². The van der Waals surface area contributed by atoms with E-state index in [1.54, 1.807) is 26.8 Å². The van der Waals surface area contributed by atoms with Gasteiger partial charge < -0.3 is 10.5 Å². The number of nitrogens with zero attached hydrogens (tertiary/aromatic N) is 1. The van der Waals surface area contributed by atoms with Crippen LogP contribution in [0.5, 0.6) is 0 Å². The van der Waals surface area contributed by atoms with Gasteiger partial charge in [-0.25, -0.2) is 0 Å². The highest BCUT2D eigenvalue weighted by Gasteiger charge is 2.27. The molecule has 0 amide bonds. The zero-order valence-corrected chi connectivity index (χ0v) is 9.96. The lowest BCUT2D eigenvalue weighted by molar-refractivity contribution is -0.140. The Morgan fingerprint density at radius 2 is 1.88 bits per heavy atom. The van der Waals surface area contributed by atoms with Crippen molar-refractivity contribution in [1.82, 2.24) is 0 Å². The van der Waals surface area contributed by atoms with E-state index in [0.717, 1.165) is 0 Å². The summed E-state index contributed by atoms with van der Waals surface area (Å²) in [7, 11) is 0. The SMILES string of the molecule is CC(=O)OC/C(N)=C(\C#N)C(=O)C(C)(C)C. The summed E-state index contributed by atoms with van der Waals surface area (Å²) in [6.07, 6.45) is 0. The molecule has 0 fully saturated rings. The van der Waals surface area contributed by atoms with Crippen LogP contribution in [0.25, 0.3) is 0 Å². The van der Waals surface area contributed by atoms with E-state index in [1.807, 2.05) is 0 Å². The van der Waals surface area contributed by atoms with Gasteiger partial charge in [0.05, 0.1) is 5.70 Å². The normalized spacial score (nSPS) is 12.4. The fourth-order valence-electron chi connectivity index (χ4n) is 0.895. The summed E-state index contributed by atoms with van der Waals surface area (Å²) in [5.74, 6) is -0.872. The number of rotatable bonds is 3. The minimum absolute atomic E-state index is 0.0161. The van der Waals surface area contributed by atoms with Crippen molar-refractivity contribution in [2.45, 2.75) is 27.7 Å². The molecule has 0 saturated carbocycles. The molecular weight excluding hydrogens is 208 g/mol. The summed E-state index contributed by atoms with van der Waals surface area (Å²) in [5.41, 5.74) is 4.68. The molecule has 0 radical (unpaired) electrons. The summed E-state index contributed by atoms with van der Waals surface area (Å²) in [5, 5.41) is 8.85. The minimum atomic E-state index is -0.689. The third-order valence-corrected chi connectivity index (χ3v) is 1.77. The van der Waals surface area contributed by atoms with Crippen LogP contribution in [0, 0.1) is 16.7 Å².